The highest BCUT2D eigenvalue weighted by molar-refractivity contribution is 9.10. The summed E-state index contributed by atoms with van der Waals surface area (Å²) in [5.41, 5.74) is 0.570. The summed E-state index contributed by atoms with van der Waals surface area (Å²) >= 11 is 3.49. The Morgan fingerprint density at radius 3 is 2.58 bits per heavy atom. The van der Waals surface area contributed by atoms with E-state index < -0.39 is 0 Å². The Bertz CT molecular complexity index is 846. The van der Waals surface area contributed by atoms with E-state index in [1.807, 2.05) is 36.4 Å². The molecule has 1 saturated heterocycles. The summed E-state index contributed by atoms with van der Waals surface area (Å²) in [6.07, 6.45) is 0.142. The van der Waals surface area contributed by atoms with Gasteiger partial charge in [-0.25, -0.2) is 0 Å². The summed E-state index contributed by atoms with van der Waals surface area (Å²) in [7, 11) is 0. The van der Waals surface area contributed by atoms with Crippen molar-refractivity contribution in [3.05, 3.63) is 46.8 Å². The summed E-state index contributed by atoms with van der Waals surface area (Å²) in [6, 6.07) is 11.6. The van der Waals surface area contributed by atoms with E-state index in [-0.39, 0.29) is 6.10 Å². The lowest BCUT2D eigenvalue weighted by molar-refractivity contribution is 0.165. The number of aryl methyl sites for hydroxylation is 1. The standard InChI is InChI=1S/C16H14BrN5O2/c1-10-18-21-16(23-10)13-6-7-15(20-19-13)22-8-11(9-22)24-14-5-3-2-4-12(14)17/h2-7,11H,8-9H2,1H3. The average Bonchev–Trinajstić information content (AvgIpc) is 2.99. The number of ether oxygens (including phenoxy) is 1. The fourth-order valence-corrected chi connectivity index (χ4v) is 2.81. The van der Waals surface area contributed by atoms with Crippen molar-refractivity contribution in [2.24, 2.45) is 0 Å². The van der Waals surface area contributed by atoms with Crippen LogP contribution in [0.5, 0.6) is 5.75 Å². The van der Waals surface area contributed by atoms with Gasteiger partial charge in [0, 0.05) is 6.92 Å². The summed E-state index contributed by atoms with van der Waals surface area (Å²) in [5.74, 6) is 2.55. The van der Waals surface area contributed by atoms with Gasteiger partial charge in [-0.2, -0.15) is 0 Å². The molecule has 1 aliphatic heterocycles. The molecule has 0 atom stereocenters. The highest BCUT2D eigenvalue weighted by Gasteiger charge is 2.30. The summed E-state index contributed by atoms with van der Waals surface area (Å²) < 4.78 is 12.3. The lowest BCUT2D eigenvalue weighted by Crippen LogP contribution is -2.54. The van der Waals surface area contributed by atoms with Gasteiger partial charge in [0.15, 0.2) is 5.82 Å². The van der Waals surface area contributed by atoms with Crippen LogP contribution in [-0.2, 0) is 0 Å². The predicted octanol–water partition coefficient (Wildman–Crippen LogP) is 2.87. The maximum absolute atomic E-state index is 5.96. The zero-order valence-electron chi connectivity index (χ0n) is 12.9. The molecule has 0 saturated carbocycles. The fraction of sp³-hybridized carbons (Fsp3) is 0.250. The molecule has 0 unspecified atom stereocenters. The number of hydrogen-bond acceptors (Lipinski definition) is 7. The molecule has 3 heterocycles. The van der Waals surface area contributed by atoms with E-state index in [4.69, 9.17) is 9.15 Å². The van der Waals surface area contributed by atoms with Crippen LogP contribution in [0, 0.1) is 6.92 Å². The van der Waals surface area contributed by atoms with Crippen molar-refractivity contribution in [2.75, 3.05) is 18.0 Å². The normalized spacial score (nSPS) is 14.5. The van der Waals surface area contributed by atoms with E-state index in [1.54, 1.807) is 6.92 Å². The van der Waals surface area contributed by atoms with Crippen molar-refractivity contribution in [3.8, 4) is 17.3 Å². The summed E-state index contributed by atoms with van der Waals surface area (Å²) in [6.45, 7) is 3.29. The predicted molar refractivity (Wildman–Crippen MR) is 90.8 cm³/mol. The molecule has 24 heavy (non-hydrogen) atoms. The highest BCUT2D eigenvalue weighted by Crippen LogP contribution is 2.28. The summed E-state index contributed by atoms with van der Waals surface area (Å²) in [5, 5.41) is 16.1. The second-order valence-electron chi connectivity index (χ2n) is 5.48. The first kappa shape index (κ1) is 15.1. The Morgan fingerprint density at radius 1 is 1.08 bits per heavy atom. The number of aromatic nitrogens is 4. The molecule has 8 heteroatoms. The molecule has 0 spiro atoms. The maximum Gasteiger partial charge on any atom is 0.268 e. The first-order valence-electron chi connectivity index (χ1n) is 7.49. The molecular weight excluding hydrogens is 374 g/mol. The molecule has 0 radical (unpaired) electrons. The lowest BCUT2D eigenvalue weighted by Gasteiger charge is -2.39. The SMILES string of the molecule is Cc1nnc(-c2ccc(N3CC(Oc4ccccc4Br)C3)nn2)o1. The van der Waals surface area contributed by atoms with Gasteiger partial charge in [0.2, 0.25) is 5.89 Å². The van der Waals surface area contributed by atoms with Crippen molar-refractivity contribution in [1.82, 2.24) is 20.4 Å². The third-order valence-corrected chi connectivity index (χ3v) is 4.35. The molecule has 1 fully saturated rings. The fourth-order valence-electron chi connectivity index (χ4n) is 2.43. The molecule has 0 aliphatic carbocycles. The van der Waals surface area contributed by atoms with Crippen LogP contribution in [0.4, 0.5) is 5.82 Å². The quantitative estimate of drug-likeness (QED) is 0.680. The van der Waals surface area contributed by atoms with Gasteiger partial charge in [0.1, 0.15) is 17.5 Å². The molecular formula is C16H14BrN5O2. The number of benzene rings is 1. The van der Waals surface area contributed by atoms with Gasteiger partial charge in [0.05, 0.1) is 17.6 Å². The largest absolute Gasteiger partial charge is 0.486 e. The Hall–Kier alpha value is -2.48. The van der Waals surface area contributed by atoms with E-state index >= 15 is 0 Å². The Balaban J connectivity index is 1.38. The van der Waals surface area contributed by atoms with Gasteiger partial charge >= 0.3 is 0 Å². The lowest BCUT2D eigenvalue weighted by atomic mass is 10.1. The zero-order chi connectivity index (χ0) is 16.5. The molecule has 0 bridgehead atoms. The third-order valence-electron chi connectivity index (χ3n) is 3.70. The zero-order valence-corrected chi connectivity index (χ0v) is 14.5. The summed E-state index contributed by atoms with van der Waals surface area (Å²) in [4.78, 5) is 2.11. The number of hydrogen-bond donors (Lipinski definition) is 0. The highest BCUT2D eigenvalue weighted by atomic mass is 79.9. The molecule has 7 nitrogen and oxygen atoms in total. The van der Waals surface area contributed by atoms with Crippen LogP contribution in [0.15, 0.2) is 45.3 Å². The van der Waals surface area contributed by atoms with Crippen molar-refractivity contribution in [1.29, 1.82) is 0 Å². The van der Waals surface area contributed by atoms with Gasteiger partial charge in [0.25, 0.3) is 5.89 Å². The van der Waals surface area contributed by atoms with Crippen LogP contribution >= 0.6 is 15.9 Å². The van der Waals surface area contributed by atoms with Crippen molar-refractivity contribution >= 4 is 21.7 Å². The van der Waals surface area contributed by atoms with Crippen LogP contribution in [0.3, 0.4) is 0 Å². The molecule has 0 N–H and O–H groups in total. The van der Waals surface area contributed by atoms with Gasteiger partial charge < -0.3 is 14.1 Å². The molecule has 1 aliphatic rings. The van der Waals surface area contributed by atoms with E-state index in [1.165, 1.54) is 0 Å². The van der Waals surface area contributed by atoms with Gasteiger partial charge in [-0.3, -0.25) is 0 Å². The van der Waals surface area contributed by atoms with Gasteiger partial charge in [-0.15, -0.1) is 20.4 Å². The topological polar surface area (TPSA) is 77.2 Å². The van der Waals surface area contributed by atoms with E-state index in [0.717, 1.165) is 29.1 Å². The van der Waals surface area contributed by atoms with Crippen molar-refractivity contribution < 1.29 is 9.15 Å². The minimum atomic E-state index is 0.142. The first-order valence-corrected chi connectivity index (χ1v) is 8.29. The number of halogens is 1. The van der Waals surface area contributed by atoms with Crippen LogP contribution in [-0.4, -0.2) is 39.6 Å². The molecule has 0 amide bonds. The second-order valence-corrected chi connectivity index (χ2v) is 6.33. The van der Waals surface area contributed by atoms with E-state index in [9.17, 15) is 0 Å². The molecule has 122 valence electrons. The molecule has 1 aromatic carbocycles. The number of rotatable bonds is 4. The number of para-hydroxylation sites is 1. The Labute approximate surface area is 146 Å². The van der Waals surface area contributed by atoms with Gasteiger partial charge in [-0.1, -0.05) is 12.1 Å². The van der Waals surface area contributed by atoms with Crippen LogP contribution < -0.4 is 9.64 Å². The Kier molecular flexibility index (Phi) is 3.89. The number of nitrogens with zero attached hydrogens (tertiary/aromatic N) is 5. The second kappa shape index (κ2) is 6.20. The van der Waals surface area contributed by atoms with Crippen LogP contribution in [0.2, 0.25) is 0 Å². The minimum absolute atomic E-state index is 0.142. The Morgan fingerprint density at radius 2 is 1.92 bits per heavy atom. The van der Waals surface area contributed by atoms with Crippen molar-refractivity contribution in [2.45, 2.75) is 13.0 Å². The molecule has 2 aromatic heterocycles. The minimum Gasteiger partial charge on any atom is -0.486 e. The van der Waals surface area contributed by atoms with Crippen LogP contribution in [0.25, 0.3) is 11.6 Å². The maximum atomic E-state index is 5.96. The van der Waals surface area contributed by atoms with E-state index in [0.29, 0.717) is 17.5 Å². The van der Waals surface area contributed by atoms with Gasteiger partial charge in [-0.05, 0) is 40.2 Å². The molecule has 4 rings (SSSR count). The van der Waals surface area contributed by atoms with Crippen LogP contribution in [0.1, 0.15) is 5.89 Å². The smallest absolute Gasteiger partial charge is 0.268 e. The van der Waals surface area contributed by atoms with Crippen molar-refractivity contribution in [3.63, 3.8) is 0 Å². The average molecular weight is 388 g/mol. The number of anilines is 1. The molecule has 3 aromatic rings. The third kappa shape index (κ3) is 2.96. The first-order chi connectivity index (χ1) is 11.7. The van der Waals surface area contributed by atoms with E-state index in [2.05, 4.69) is 41.2 Å². The monoisotopic (exact) mass is 387 g/mol.